The van der Waals surface area contributed by atoms with Crippen LogP contribution in [0, 0.1) is 0 Å². The van der Waals surface area contributed by atoms with Crippen molar-refractivity contribution in [3.8, 4) is 0 Å². The lowest BCUT2D eigenvalue weighted by atomic mass is 9.93. The van der Waals surface area contributed by atoms with Crippen LogP contribution in [0.15, 0.2) is 72.8 Å². The molecule has 1 saturated heterocycles. The fraction of sp³-hybridized carbons (Fsp3) is 0.240. The van der Waals surface area contributed by atoms with Gasteiger partial charge in [0, 0.05) is 0 Å². The Bertz CT molecular complexity index is 1120. The van der Waals surface area contributed by atoms with Crippen molar-refractivity contribution in [1.29, 1.82) is 0 Å². The van der Waals surface area contributed by atoms with Gasteiger partial charge in [0.15, 0.2) is 0 Å². The van der Waals surface area contributed by atoms with Crippen molar-refractivity contribution in [2.45, 2.75) is 31.9 Å². The second-order valence-electron chi connectivity index (χ2n) is 7.94. The molecule has 3 aromatic carbocycles. The van der Waals surface area contributed by atoms with Crippen molar-refractivity contribution < 1.29 is 19.1 Å². The summed E-state index contributed by atoms with van der Waals surface area (Å²) >= 11 is 0. The quantitative estimate of drug-likeness (QED) is 0.469. The van der Waals surface area contributed by atoms with E-state index in [0.717, 1.165) is 26.8 Å². The van der Waals surface area contributed by atoms with E-state index in [1.807, 2.05) is 72.8 Å². The van der Waals surface area contributed by atoms with Gasteiger partial charge < -0.3 is 10.1 Å². The molecule has 6 nitrogen and oxygen atoms in total. The van der Waals surface area contributed by atoms with Crippen molar-refractivity contribution >= 4 is 28.7 Å². The maximum atomic E-state index is 12.9. The Hall–Kier alpha value is -3.67. The van der Waals surface area contributed by atoms with Gasteiger partial charge in [-0.05, 0) is 41.7 Å². The Labute approximate surface area is 180 Å². The van der Waals surface area contributed by atoms with E-state index in [9.17, 15) is 14.4 Å². The van der Waals surface area contributed by atoms with Crippen molar-refractivity contribution in [1.82, 2.24) is 10.2 Å². The first-order chi connectivity index (χ1) is 15.0. The standard InChI is InChI=1S/C25H24N2O4/c1-25(15-14-18-8-3-2-4-9-18)23(29)27(24(30)26-25)16-22(28)31-17-20-12-7-11-19-10-5-6-13-21(19)20/h2-13H,14-17H2,1H3,(H,26,30)/t25-/m1/s1. The van der Waals surface area contributed by atoms with Crippen LogP contribution in [0.2, 0.25) is 0 Å². The van der Waals surface area contributed by atoms with E-state index in [1.54, 1.807) is 6.92 Å². The Morgan fingerprint density at radius 3 is 2.48 bits per heavy atom. The van der Waals surface area contributed by atoms with E-state index in [1.165, 1.54) is 0 Å². The SMILES string of the molecule is C[C@]1(CCc2ccccc2)NC(=O)N(CC(=O)OCc2cccc3ccccc23)C1=O. The number of benzene rings is 3. The molecule has 0 aliphatic carbocycles. The molecule has 0 spiro atoms. The number of carbonyl (C=O) groups excluding carboxylic acids is 3. The lowest BCUT2D eigenvalue weighted by molar-refractivity contribution is -0.148. The molecule has 0 unspecified atom stereocenters. The number of fused-ring (bicyclic) bond motifs is 1. The molecule has 0 aromatic heterocycles. The number of aryl methyl sites for hydroxylation is 1. The monoisotopic (exact) mass is 416 g/mol. The molecule has 1 fully saturated rings. The number of urea groups is 1. The first kappa shape index (κ1) is 20.6. The second-order valence-corrected chi connectivity index (χ2v) is 7.94. The number of hydrogen-bond acceptors (Lipinski definition) is 4. The van der Waals surface area contributed by atoms with Crippen molar-refractivity contribution in [3.63, 3.8) is 0 Å². The van der Waals surface area contributed by atoms with Gasteiger partial charge in [0.25, 0.3) is 5.91 Å². The van der Waals surface area contributed by atoms with Crippen molar-refractivity contribution in [2.24, 2.45) is 0 Å². The van der Waals surface area contributed by atoms with Crippen molar-refractivity contribution in [2.75, 3.05) is 6.54 Å². The fourth-order valence-corrected chi connectivity index (χ4v) is 3.85. The van der Waals surface area contributed by atoms with Crippen LogP contribution >= 0.6 is 0 Å². The van der Waals surface area contributed by atoms with Gasteiger partial charge in [0.05, 0.1) is 0 Å². The molecule has 1 aliphatic heterocycles. The highest BCUT2D eigenvalue weighted by molar-refractivity contribution is 6.08. The predicted octanol–water partition coefficient (Wildman–Crippen LogP) is 3.83. The van der Waals surface area contributed by atoms with Gasteiger partial charge in [-0.15, -0.1) is 0 Å². The van der Waals surface area contributed by atoms with Gasteiger partial charge in [0.2, 0.25) is 0 Å². The van der Waals surface area contributed by atoms with Gasteiger partial charge in [-0.3, -0.25) is 14.5 Å². The van der Waals surface area contributed by atoms with E-state index in [2.05, 4.69) is 5.32 Å². The number of rotatable bonds is 7. The summed E-state index contributed by atoms with van der Waals surface area (Å²) in [4.78, 5) is 38.6. The minimum Gasteiger partial charge on any atom is -0.459 e. The molecular formula is C25H24N2O4. The summed E-state index contributed by atoms with van der Waals surface area (Å²) in [5, 5.41) is 4.79. The average Bonchev–Trinajstić information content (AvgIpc) is 3.00. The largest absolute Gasteiger partial charge is 0.459 e. The number of nitrogens with zero attached hydrogens (tertiary/aromatic N) is 1. The van der Waals surface area contributed by atoms with Crippen LogP contribution in [0.25, 0.3) is 10.8 Å². The van der Waals surface area contributed by atoms with Gasteiger partial charge in [0.1, 0.15) is 18.7 Å². The summed E-state index contributed by atoms with van der Waals surface area (Å²) < 4.78 is 5.38. The third-order valence-electron chi connectivity index (χ3n) is 5.66. The molecular weight excluding hydrogens is 392 g/mol. The van der Waals surface area contributed by atoms with E-state index < -0.39 is 30.0 Å². The molecule has 3 aromatic rings. The maximum Gasteiger partial charge on any atom is 0.326 e. The number of ether oxygens (including phenoxy) is 1. The van der Waals surface area contributed by atoms with Crippen LogP contribution in [0.5, 0.6) is 0 Å². The van der Waals surface area contributed by atoms with Crippen molar-refractivity contribution in [3.05, 3.63) is 83.9 Å². The van der Waals surface area contributed by atoms with Crippen LogP contribution in [-0.4, -0.2) is 34.9 Å². The highest BCUT2D eigenvalue weighted by Crippen LogP contribution is 2.24. The normalized spacial score (nSPS) is 18.3. The molecule has 4 rings (SSSR count). The van der Waals surface area contributed by atoms with Gasteiger partial charge in [-0.1, -0.05) is 72.8 Å². The molecule has 0 saturated carbocycles. The average molecular weight is 416 g/mol. The Morgan fingerprint density at radius 2 is 1.68 bits per heavy atom. The topological polar surface area (TPSA) is 75.7 Å². The summed E-state index contributed by atoms with van der Waals surface area (Å²) in [6.45, 7) is 1.36. The molecule has 3 amide bonds. The van der Waals surface area contributed by atoms with Crippen LogP contribution in [0.3, 0.4) is 0 Å². The molecule has 1 heterocycles. The molecule has 0 radical (unpaired) electrons. The third-order valence-corrected chi connectivity index (χ3v) is 5.66. The molecule has 6 heteroatoms. The van der Waals surface area contributed by atoms with E-state index in [0.29, 0.717) is 12.8 Å². The molecule has 1 N–H and O–H groups in total. The van der Waals surface area contributed by atoms with Crippen LogP contribution < -0.4 is 5.32 Å². The smallest absolute Gasteiger partial charge is 0.326 e. The summed E-state index contributed by atoms with van der Waals surface area (Å²) in [5.74, 6) is -1.03. The van der Waals surface area contributed by atoms with Gasteiger partial charge in [-0.25, -0.2) is 4.79 Å². The number of amides is 3. The number of esters is 1. The minimum absolute atomic E-state index is 0.0785. The number of hydrogen-bond donors (Lipinski definition) is 1. The highest BCUT2D eigenvalue weighted by atomic mass is 16.5. The highest BCUT2D eigenvalue weighted by Gasteiger charge is 2.48. The first-order valence-corrected chi connectivity index (χ1v) is 10.3. The zero-order valence-electron chi connectivity index (χ0n) is 17.3. The minimum atomic E-state index is -1.04. The summed E-state index contributed by atoms with van der Waals surface area (Å²) in [5.41, 5.74) is 0.915. The number of nitrogens with one attached hydrogen (secondary N) is 1. The van der Waals surface area contributed by atoms with Crippen LogP contribution in [-0.2, 0) is 27.4 Å². The maximum absolute atomic E-state index is 12.9. The number of carbonyl (C=O) groups is 3. The molecule has 1 atom stereocenters. The summed E-state index contributed by atoms with van der Waals surface area (Å²) in [6.07, 6.45) is 1.09. The predicted molar refractivity (Wildman–Crippen MR) is 117 cm³/mol. The third kappa shape index (κ3) is 4.43. The second kappa shape index (κ2) is 8.60. The lowest BCUT2D eigenvalue weighted by Gasteiger charge is -2.21. The zero-order chi connectivity index (χ0) is 21.8. The lowest BCUT2D eigenvalue weighted by Crippen LogP contribution is -2.44. The fourth-order valence-electron chi connectivity index (χ4n) is 3.85. The Balaban J connectivity index is 1.36. The Kier molecular flexibility index (Phi) is 5.71. The van der Waals surface area contributed by atoms with Gasteiger partial charge >= 0.3 is 12.0 Å². The summed E-state index contributed by atoms with van der Waals surface area (Å²) in [7, 11) is 0. The van der Waals surface area contributed by atoms with Gasteiger partial charge in [-0.2, -0.15) is 0 Å². The summed E-state index contributed by atoms with van der Waals surface area (Å²) in [6, 6.07) is 22.8. The van der Waals surface area contributed by atoms with E-state index in [4.69, 9.17) is 4.74 Å². The molecule has 1 aliphatic rings. The van der Waals surface area contributed by atoms with Crippen LogP contribution in [0.1, 0.15) is 24.5 Å². The van der Waals surface area contributed by atoms with E-state index >= 15 is 0 Å². The van der Waals surface area contributed by atoms with Crippen LogP contribution in [0.4, 0.5) is 4.79 Å². The number of imide groups is 1. The molecule has 158 valence electrons. The van der Waals surface area contributed by atoms with E-state index in [-0.39, 0.29) is 6.61 Å². The molecule has 0 bridgehead atoms. The zero-order valence-corrected chi connectivity index (χ0v) is 17.3. The Morgan fingerprint density at radius 1 is 0.968 bits per heavy atom. The molecule has 31 heavy (non-hydrogen) atoms. The first-order valence-electron chi connectivity index (χ1n) is 10.3.